The minimum atomic E-state index is -0.102. The number of carbonyl (C=O) groups excluding carboxylic acids is 1. The first kappa shape index (κ1) is 14.9. The molecular formula is C20H30O2. The van der Waals surface area contributed by atoms with Gasteiger partial charge in [-0.3, -0.25) is 4.79 Å². The van der Waals surface area contributed by atoms with Crippen LogP contribution in [0.5, 0.6) is 0 Å². The number of methoxy groups -OCH3 is 1. The van der Waals surface area contributed by atoms with E-state index in [1.807, 2.05) is 7.11 Å². The molecule has 0 saturated heterocycles. The molecule has 0 N–H and O–H groups in total. The molecule has 2 heteroatoms. The molecule has 0 aliphatic heterocycles. The van der Waals surface area contributed by atoms with E-state index in [1.54, 1.807) is 0 Å². The number of fused-ring (bicyclic) bond motifs is 5. The third kappa shape index (κ3) is 1.79. The average Bonchev–Trinajstić information content (AvgIpc) is 2.81. The zero-order valence-electron chi connectivity index (χ0n) is 14.3. The number of ketones is 1. The van der Waals surface area contributed by atoms with Gasteiger partial charge in [0.15, 0.2) is 0 Å². The largest absolute Gasteiger partial charge is 0.381 e. The van der Waals surface area contributed by atoms with E-state index in [4.69, 9.17) is 4.74 Å². The molecule has 4 aliphatic rings. The van der Waals surface area contributed by atoms with Crippen LogP contribution in [0.1, 0.15) is 58.8 Å². The summed E-state index contributed by atoms with van der Waals surface area (Å²) in [5.41, 5.74) is 0.279. The second-order valence-electron chi connectivity index (χ2n) is 8.81. The van der Waals surface area contributed by atoms with Gasteiger partial charge < -0.3 is 4.74 Å². The molecule has 0 radical (unpaired) electrons. The Morgan fingerprint density at radius 2 is 2.05 bits per heavy atom. The summed E-state index contributed by atoms with van der Waals surface area (Å²) in [4.78, 5) is 12.6. The molecule has 0 bridgehead atoms. The molecule has 2 nitrogen and oxygen atoms in total. The van der Waals surface area contributed by atoms with Crippen molar-refractivity contribution in [3.8, 4) is 0 Å². The summed E-state index contributed by atoms with van der Waals surface area (Å²) in [6, 6.07) is 0. The highest BCUT2D eigenvalue weighted by molar-refractivity contribution is 5.87. The van der Waals surface area contributed by atoms with Crippen LogP contribution in [0.25, 0.3) is 0 Å². The third-order valence-corrected chi connectivity index (χ3v) is 8.08. The van der Waals surface area contributed by atoms with Gasteiger partial charge in [-0.15, -0.1) is 0 Å². The topological polar surface area (TPSA) is 26.3 Å². The lowest BCUT2D eigenvalue weighted by atomic mass is 9.45. The van der Waals surface area contributed by atoms with Crippen molar-refractivity contribution >= 4 is 5.78 Å². The van der Waals surface area contributed by atoms with Gasteiger partial charge in [0.25, 0.3) is 0 Å². The molecule has 0 aromatic carbocycles. The number of rotatable bonds is 1. The van der Waals surface area contributed by atoms with Gasteiger partial charge in [0, 0.05) is 18.9 Å². The van der Waals surface area contributed by atoms with Gasteiger partial charge in [-0.05, 0) is 67.6 Å². The number of allylic oxidation sites excluding steroid dienone is 2. The first-order valence-electron chi connectivity index (χ1n) is 9.23. The highest BCUT2D eigenvalue weighted by Crippen LogP contribution is 2.65. The van der Waals surface area contributed by atoms with E-state index in [9.17, 15) is 4.79 Å². The van der Waals surface area contributed by atoms with Crippen molar-refractivity contribution in [1.82, 2.24) is 0 Å². The van der Waals surface area contributed by atoms with E-state index in [0.717, 1.165) is 25.2 Å². The smallest absolute Gasteiger partial charge is 0.139 e. The fourth-order valence-electron chi connectivity index (χ4n) is 6.92. The van der Waals surface area contributed by atoms with Crippen molar-refractivity contribution in [1.29, 1.82) is 0 Å². The number of Topliss-reactive ketones (excluding diaryl/α,β-unsaturated/α-hetero) is 1. The number of hydrogen-bond acceptors (Lipinski definition) is 2. The summed E-state index contributed by atoms with van der Waals surface area (Å²) < 4.78 is 6.02. The van der Waals surface area contributed by atoms with Crippen LogP contribution >= 0.6 is 0 Å². The molecule has 7 atom stereocenters. The van der Waals surface area contributed by atoms with Crippen LogP contribution < -0.4 is 0 Å². The second-order valence-corrected chi connectivity index (χ2v) is 8.81. The number of ether oxygens (including phenoxy) is 1. The van der Waals surface area contributed by atoms with Crippen LogP contribution in [-0.4, -0.2) is 19.0 Å². The standard InChI is InChI=1S/C20H30O2/c1-19-11-5-4-6-13(19)7-8-14-15-9-10-17(21)20(15,2)12-16(22-3)18(14)19/h4,6,13-16,18H,5,7-12H2,1-3H3/t13-,14+,15+,16+,18-,19+,20+/m1/s1. The lowest BCUT2D eigenvalue weighted by Gasteiger charge is -2.60. The van der Waals surface area contributed by atoms with Gasteiger partial charge >= 0.3 is 0 Å². The van der Waals surface area contributed by atoms with Gasteiger partial charge in [0.05, 0.1) is 6.10 Å². The highest BCUT2D eigenvalue weighted by Gasteiger charge is 2.62. The SMILES string of the molecule is CO[C@H]1C[C@]2(C)C(=O)CC[C@H]2[C@@H]2CC[C@H]3C=CCC[C@]3(C)[C@H]21. The highest BCUT2D eigenvalue weighted by atomic mass is 16.5. The maximum absolute atomic E-state index is 12.6. The second kappa shape index (κ2) is 4.93. The normalized spacial score (nSPS) is 53.8. The molecule has 3 fully saturated rings. The van der Waals surface area contributed by atoms with Gasteiger partial charge in [-0.1, -0.05) is 26.0 Å². The van der Waals surface area contributed by atoms with E-state index in [1.165, 1.54) is 25.7 Å². The van der Waals surface area contributed by atoms with E-state index in [0.29, 0.717) is 29.0 Å². The summed E-state index contributed by atoms with van der Waals surface area (Å²) in [7, 11) is 1.87. The molecule has 0 unspecified atom stereocenters. The average molecular weight is 302 g/mol. The summed E-state index contributed by atoms with van der Waals surface area (Å²) in [5.74, 6) is 3.18. The van der Waals surface area contributed by atoms with Crippen molar-refractivity contribution in [3.05, 3.63) is 12.2 Å². The molecular weight excluding hydrogens is 272 g/mol. The van der Waals surface area contributed by atoms with Crippen molar-refractivity contribution in [2.75, 3.05) is 7.11 Å². The van der Waals surface area contributed by atoms with Crippen LogP contribution in [0, 0.1) is 34.5 Å². The van der Waals surface area contributed by atoms with Crippen molar-refractivity contribution < 1.29 is 9.53 Å². The molecule has 4 aliphatic carbocycles. The van der Waals surface area contributed by atoms with Crippen molar-refractivity contribution in [2.45, 2.75) is 64.9 Å². The van der Waals surface area contributed by atoms with Gasteiger partial charge in [0.2, 0.25) is 0 Å². The zero-order valence-corrected chi connectivity index (χ0v) is 14.3. The summed E-state index contributed by atoms with van der Waals surface area (Å²) in [6.45, 7) is 4.76. The first-order valence-corrected chi connectivity index (χ1v) is 9.23. The Morgan fingerprint density at radius 3 is 2.82 bits per heavy atom. The summed E-state index contributed by atoms with van der Waals surface area (Å²) in [6.07, 6.45) is 13.2. The van der Waals surface area contributed by atoms with E-state index in [2.05, 4.69) is 26.0 Å². The van der Waals surface area contributed by atoms with Crippen LogP contribution in [0.15, 0.2) is 12.2 Å². The quantitative estimate of drug-likeness (QED) is 0.672. The van der Waals surface area contributed by atoms with Crippen molar-refractivity contribution in [2.24, 2.45) is 34.5 Å². The fourth-order valence-corrected chi connectivity index (χ4v) is 6.92. The van der Waals surface area contributed by atoms with Gasteiger partial charge in [-0.25, -0.2) is 0 Å². The predicted octanol–water partition coefficient (Wildman–Crippen LogP) is 4.39. The Hall–Kier alpha value is -0.630. The molecule has 3 saturated carbocycles. The monoisotopic (exact) mass is 302 g/mol. The molecule has 22 heavy (non-hydrogen) atoms. The van der Waals surface area contributed by atoms with Crippen molar-refractivity contribution in [3.63, 3.8) is 0 Å². The zero-order chi connectivity index (χ0) is 15.5. The maximum atomic E-state index is 12.6. The Kier molecular flexibility index (Phi) is 3.35. The number of carbonyl (C=O) groups is 1. The molecule has 4 rings (SSSR count). The first-order chi connectivity index (χ1) is 10.5. The Bertz CT molecular complexity index is 510. The number of hydrogen-bond donors (Lipinski definition) is 0. The molecule has 0 aromatic rings. The van der Waals surface area contributed by atoms with Crippen LogP contribution in [0.2, 0.25) is 0 Å². The summed E-state index contributed by atoms with van der Waals surface area (Å²) >= 11 is 0. The predicted molar refractivity (Wildman–Crippen MR) is 87.4 cm³/mol. The van der Waals surface area contributed by atoms with Gasteiger partial charge in [-0.2, -0.15) is 0 Å². The molecule has 0 amide bonds. The molecule has 0 aromatic heterocycles. The lowest BCUT2D eigenvalue weighted by Crippen LogP contribution is -2.58. The van der Waals surface area contributed by atoms with E-state index >= 15 is 0 Å². The maximum Gasteiger partial charge on any atom is 0.139 e. The Labute approximate surface area is 134 Å². The minimum Gasteiger partial charge on any atom is -0.381 e. The minimum absolute atomic E-state index is 0.102. The molecule has 0 spiro atoms. The van der Waals surface area contributed by atoms with E-state index < -0.39 is 0 Å². The lowest BCUT2D eigenvalue weighted by molar-refractivity contribution is -0.166. The molecule has 0 heterocycles. The third-order valence-electron chi connectivity index (χ3n) is 8.08. The van der Waals surface area contributed by atoms with Crippen LogP contribution in [0.3, 0.4) is 0 Å². The van der Waals surface area contributed by atoms with Crippen LogP contribution in [0.4, 0.5) is 0 Å². The van der Waals surface area contributed by atoms with Gasteiger partial charge in [0.1, 0.15) is 5.78 Å². The Morgan fingerprint density at radius 1 is 1.23 bits per heavy atom. The van der Waals surface area contributed by atoms with Crippen LogP contribution in [-0.2, 0) is 9.53 Å². The Balaban J connectivity index is 1.75. The van der Waals surface area contributed by atoms with E-state index in [-0.39, 0.29) is 11.5 Å². The molecule has 122 valence electrons. The summed E-state index contributed by atoms with van der Waals surface area (Å²) in [5, 5.41) is 0. The fraction of sp³-hybridized carbons (Fsp3) is 0.850.